The Morgan fingerprint density at radius 3 is 2.50 bits per heavy atom. The molecule has 0 saturated heterocycles. The van der Waals surface area contributed by atoms with Gasteiger partial charge in [0.05, 0.1) is 31.4 Å². The van der Waals surface area contributed by atoms with Crippen molar-refractivity contribution in [3.8, 4) is 16.9 Å². The van der Waals surface area contributed by atoms with Crippen LogP contribution >= 0.6 is 0 Å². The number of ketones is 2. The van der Waals surface area contributed by atoms with Crippen molar-refractivity contribution < 1.29 is 14.3 Å². The molecule has 6 nitrogen and oxygen atoms in total. The van der Waals surface area contributed by atoms with Crippen molar-refractivity contribution >= 4 is 28.2 Å². The molecule has 6 heteroatoms. The molecule has 2 aliphatic carbocycles. The monoisotopic (exact) mass is 531 g/mol. The normalized spacial score (nSPS) is 22.2. The van der Waals surface area contributed by atoms with Crippen LogP contribution in [0.1, 0.15) is 67.9 Å². The van der Waals surface area contributed by atoms with Gasteiger partial charge in [-0.3, -0.25) is 14.3 Å². The Morgan fingerprint density at radius 1 is 1.07 bits per heavy atom. The van der Waals surface area contributed by atoms with Gasteiger partial charge < -0.3 is 4.74 Å². The van der Waals surface area contributed by atoms with E-state index in [1.165, 1.54) is 0 Å². The second-order valence-electron chi connectivity index (χ2n) is 11.8. The van der Waals surface area contributed by atoms with E-state index < -0.39 is 0 Å². The smallest absolute Gasteiger partial charge is 0.191 e. The summed E-state index contributed by atoms with van der Waals surface area (Å²) in [6.07, 6.45) is 6.52. The summed E-state index contributed by atoms with van der Waals surface area (Å²) in [4.78, 5) is 28.7. The molecule has 3 aromatic carbocycles. The number of carbonyl (C=O) groups excluding carboxylic acids is 2. The number of rotatable bonds is 8. The van der Waals surface area contributed by atoms with Crippen molar-refractivity contribution in [3.05, 3.63) is 89.4 Å². The summed E-state index contributed by atoms with van der Waals surface area (Å²) in [5, 5.41) is 5.67. The number of aromatic nitrogens is 2. The minimum Gasteiger partial charge on any atom is -0.498 e. The maximum atomic E-state index is 13.5. The predicted molar refractivity (Wildman–Crippen MR) is 156 cm³/mol. The van der Waals surface area contributed by atoms with E-state index in [0.717, 1.165) is 58.8 Å². The lowest BCUT2D eigenvalue weighted by molar-refractivity contribution is -0.136. The standard InChI is InChI=1S/C34H33N3O3/c1-21(24-8-10-25(11-9-24)27-13-29(35-3)15-30(14-27)40-4)37-33-26(20-36-37)6-5-7-31(33)32(39)12-23-16-34(17-23)18-28(19-34)22(2)38/h5-11,13-15,20-21,23,28H,12,16-19H2,1-2,4H3. The molecule has 2 saturated carbocycles. The van der Waals surface area contributed by atoms with Gasteiger partial charge in [-0.1, -0.05) is 36.4 Å². The number of hydrogen-bond donors (Lipinski definition) is 0. The Hall–Kier alpha value is -4.24. The van der Waals surface area contributed by atoms with Gasteiger partial charge in [0.25, 0.3) is 0 Å². The second-order valence-corrected chi connectivity index (χ2v) is 11.8. The highest BCUT2D eigenvalue weighted by Gasteiger charge is 2.53. The molecule has 1 aromatic heterocycles. The van der Waals surface area contributed by atoms with E-state index in [2.05, 4.69) is 36.0 Å². The average molecular weight is 532 g/mol. The van der Waals surface area contributed by atoms with Gasteiger partial charge in [-0.2, -0.15) is 5.10 Å². The van der Waals surface area contributed by atoms with Crippen molar-refractivity contribution in [2.24, 2.45) is 17.3 Å². The summed E-state index contributed by atoms with van der Waals surface area (Å²) in [5.74, 6) is 1.78. The molecular weight excluding hydrogens is 498 g/mol. The lowest BCUT2D eigenvalue weighted by Crippen LogP contribution is -2.49. The van der Waals surface area contributed by atoms with Gasteiger partial charge >= 0.3 is 0 Å². The second kappa shape index (κ2) is 10.1. The Labute approximate surface area is 234 Å². The number of benzene rings is 3. The zero-order chi connectivity index (χ0) is 28.0. The van der Waals surface area contributed by atoms with E-state index >= 15 is 0 Å². The van der Waals surface area contributed by atoms with E-state index in [0.29, 0.717) is 35.0 Å². The Morgan fingerprint density at radius 2 is 1.82 bits per heavy atom. The average Bonchev–Trinajstić information content (AvgIpc) is 3.37. The fourth-order valence-electron chi connectivity index (χ4n) is 6.94. The molecule has 6 rings (SSSR count). The maximum absolute atomic E-state index is 13.5. The van der Waals surface area contributed by atoms with Crippen molar-refractivity contribution in [2.45, 2.75) is 52.0 Å². The van der Waals surface area contributed by atoms with Crippen LogP contribution in [0.3, 0.4) is 0 Å². The molecule has 0 bridgehead atoms. The molecule has 0 N–H and O–H groups in total. The SMILES string of the molecule is [C-]#[N+]c1cc(OC)cc(-c2ccc(C(C)n3ncc4cccc(C(=O)CC5CC6(C5)CC(C(C)=O)C6)c43)cc2)c1. The quantitative estimate of drug-likeness (QED) is 0.172. The summed E-state index contributed by atoms with van der Waals surface area (Å²) >= 11 is 0. The van der Waals surface area contributed by atoms with Gasteiger partial charge in [0, 0.05) is 23.3 Å². The topological polar surface area (TPSA) is 65.6 Å². The van der Waals surface area contributed by atoms with Crippen LogP contribution < -0.4 is 4.74 Å². The first kappa shape index (κ1) is 26.0. The molecule has 1 unspecified atom stereocenters. The lowest BCUT2D eigenvalue weighted by atomic mass is 9.47. The molecule has 2 fully saturated rings. The van der Waals surface area contributed by atoms with Crippen LogP contribution in [0.15, 0.2) is 66.9 Å². The van der Waals surface area contributed by atoms with Gasteiger partial charge in [-0.25, -0.2) is 4.85 Å². The van der Waals surface area contributed by atoms with E-state index in [-0.39, 0.29) is 17.7 Å². The molecule has 1 heterocycles. The van der Waals surface area contributed by atoms with Gasteiger partial charge in [0.1, 0.15) is 11.5 Å². The van der Waals surface area contributed by atoms with Crippen molar-refractivity contribution in [1.29, 1.82) is 0 Å². The predicted octanol–water partition coefficient (Wildman–Crippen LogP) is 7.84. The van der Waals surface area contributed by atoms with Gasteiger partial charge in [0.15, 0.2) is 11.5 Å². The van der Waals surface area contributed by atoms with Crippen LogP contribution in [0, 0.1) is 23.8 Å². The van der Waals surface area contributed by atoms with Crippen molar-refractivity contribution in [1.82, 2.24) is 9.78 Å². The third-order valence-electron chi connectivity index (χ3n) is 9.12. The van der Waals surface area contributed by atoms with E-state index in [9.17, 15) is 9.59 Å². The highest BCUT2D eigenvalue weighted by Crippen LogP contribution is 2.62. The van der Waals surface area contributed by atoms with Crippen LogP contribution in [-0.2, 0) is 4.79 Å². The number of hydrogen-bond acceptors (Lipinski definition) is 4. The highest BCUT2D eigenvalue weighted by atomic mass is 16.5. The fourth-order valence-corrected chi connectivity index (χ4v) is 6.94. The van der Waals surface area contributed by atoms with Gasteiger partial charge in [0.2, 0.25) is 0 Å². The van der Waals surface area contributed by atoms with Crippen LogP contribution in [0.4, 0.5) is 5.69 Å². The maximum Gasteiger partial charge on any atom is 0.191 e. The number of carbonyl (C=O) groups is 2. The third-order valence-corrected chi connectivity index (χ3v) is 9.12. The molecule has 0 aliphatic heterocycles. The Kier molecular flexibility index (Phi) is 6.54. The number of nitrogens with zero attached hydrogens (tertiary/aromatic N) is 3. The fraction of sp³-hybridized carbons (Fsp3) is 0.353. The summed E-state index contributed by atoms with van der Waals surface area (Å²) < 4.78 is 7.34. The van der Waals surface area contributed by atoms with Crippen LogP contribution in [0.25, 0.3) is 26.9 Å². The molecule has 202 valence electrons. The Balaban J connectivity index is 1.21. The van der Waals surface area contributed by atoms with Crippen molar-refractivity contribution in [3.63, 3.8) is 0 Å². The van der Waals surface area contributed by atoms with Gasteiger partial charge in [-0.15, -0.1) is 0 Å². The minimum atomic E-state index is -0.0740. The molecule has 1 atom stereocenters. The summed E-state index contributed by atoms with van der Waals surface area (Å²) in [5.41, 5.74) is 5.48. The van der Waals surface area contributed by atoms with E-state index in [1.807, 2.05) is 41.2 Å². The first-order valence-corrected chi connectivity index (χ1v) is 14.0. The van der Waals surface area contributed by atoms with E-state index in [1.54, 1.807) is 20.1 Å². The van der Waals surface area contributed by atoms with Crippen molar-refractivity contribution in [2.75, 3.05) is 7.11 Å². The molecule has 2 aliphatic rings. The Bertz CT molecular complexity index is 1650. The summed E-state index contributed by atoms with van der Waals surface area (Å²) in [6.45, 7) is 11.2. The number of methoxy groups -OCH3 is 1. The third kappa shape index (κ3) is 4.60. The molecule has 40 heavy (non-hydrogen) atoms. The van der Waals surface area contributed by atoms with Crippen LogP contribution in [0.5, 0.6) is 5.75 Å². The first-order valence-electron chi connectivity index (χ1n) is 14.0. The molecule has 1 spiro atoms. The zero-order valence-electron chi connectivity index (χ0n) is 23.2. The highest BCUT2D eigenvalue weighted by molar-refractivity contribution is 6.07. The summed E-state index contributed by atoms with van der Waals surface area (Å²) in [6, 6.07) is 19.6. The number of para-hydroxylation sites is 1. The molecule has 0 radical (unpaired) electrons. The molecule has 4 aromatic rings. The van der Waals surface area contributed by atoms with Gasteiger partial charge in [-0.05, 0) is 91.8 Å². The minimum absolute atomic E-state index is 0.0740. The van der Waals surface area contributed by atoms with Crippen LogP contribution in [-0.4, -0.2) is 28.5 Å². The van der Waals surface area contributed by atoms with Crippen LogP contribution in [0.2, 0.25) is 0 Å². The van der Waals surface area contributed by atoms with E-state index in [4.69, 9.17) is 16.4 Å². The molecule has 0 amide bonds. The zero-order valence-corrected chi connectivity index (χ0v) is 23.2. The first-order chi connectivity index (χ1) is 19.3. The molecular formula is C34H33N3O3. The summed E-state index contributed by atoms with van der Waals surface area (Å²) in [7, 11) is 1.60. The largest absolute Gasteiger partial charge is 0.498 e. The number of ether oxygens (including phenoxy) is 1. The lowest BCUT2D eigenvalue weighted by Gasteiger charge is -2.57. The number of Topliss-reactive ketones (excluding diaryl/α,β-unsaturated/α-hetero) is 2. The number of fused-ring (bicyclic) bond motifs is 1.